The Kier molecular flexibility index (Phi) is 8.06. The van der Waals surface area contributed by atoms with Crippen LogP contribution in [0.4, 0.5) is 11.4 Å². The first-order valence-electron chi connectivity index (χ1n) is 10.6. The number of anilines is 2. The van der Waals surface area contributed by atoms with Gasteiger partial charge in [0, 0.05) is 28.0 Å². The number of benzene rings is 3. The highest BCUT2D eigenvalue weighted by molar-refractivity contribution is 9.10. The van der Waals surface area contributed by atoms with Crippen LogP contribution in [0.15, 0.2) is 77.3 Å². The molecule has 3 aromatic rings. The van der Waals surface area contributed by atoms with Gasteiger partial charge >= 0.3 is 0 Å². The van der Waals surface area contributed by atoms with Crippen molar-refractivity contribution < 1.29 is 14.3 Å². The van der Waals surface area contributed by atoms with Crippen LogP contribution < -0.4 is 15.0 Å². The maximum absolute atomic E-state index is 13.0. The van der Waals surface area contributed by atoms with Crippen molar-refractivity contribution in [2.45, 2.75) is 26.7 Å². The Bertz CT molecular complexity index is 1080. The Hall–Kier alpha value is -3.12. The van der Waals surface area contributed by atoms with Crippen LogP contribution in [0.3, 0.4) is 0 Å². The monoisotopic (exact) mass is 494 g/mol. The first-order chi connectivity index (χ1) is 15.4. The van der Waals surface area contributed by atoms with Gasteiger partial charge in [0.25, 0.3) is 11.8 Å². The van der Waals surface area contributed by atoms with Crippen LogP contribution in [0.2, 0.25) is 0 Å². The molecule has 0 fully saturated rings. The molecule has 0 bridgehead atoms. The largest absolute Gasteiger partial charge is 0.483 e. The summed E-state index contributed by atoms with van der Waals surface area (Å²) in [5.41, 5.74) is 2.91. The van der Waals surface area contributed by atoms with E-state index in [1.54, 1.807) is 29.2 Å². The van der Waals surface area contributed by atoms with Crippen LogP contribution in [-0.2, 0) is 4.79 Å². The molecule has 0 aromatic heterocycles. The molecule has 0 saturated carbocycles. The number of hydrogen-bond donors (Lipinski definition) is 1. The Labute approximate surface area is 197 Å². The summed E-state index contributed by atoms with van der Waals surface area (Å²) in [6, 6.07) is 22.2. The SMILES string of the molecule is CCN(C(=O)c1cccc(NC(=O)COc2ccc(Br)cc2C(C)C)c1)c1ccccc1. The molecule has 0 saturated heterocycles. The highest BCUT2D eigenvalue weighted by atomic mass is 79.9. The summed E-state index contributed by atoms with van der Waals surface area (Å²) in [5.74, 6) is 0.535. The second-order valence-electron chi connectivity index (χ2n) is 7.64. The molecule has 0 radical (unpaired) electrons. The van der Waals surface area contributed by atoms with E-state index < -0.39 is 0 Å². The molecule has 0 spiro atoms. The first kappa shape index (κ1) is 23.5. The van der Waals surface area contributed by atoms with E-state index in [4.69, 9.17) is 4.74 Å². The van der Waals surface area contributed by atoms with Gasteiger partial charge in [-0.15, -0.1) is 0 Å². The molecule has 1 N–H and O–H groups in total. The third-order valence-electron chi connectivity index (χ3n) is 4.98. The number of carbonyl (C=O) groups excluding carboxylic acids is 2. The van der Waals surface area contributed by atoms with Crippen LogP contribution in [0, 0.1) is 0 Å². The summed E-state index contributed by atoms with van der Waals surface area (Å²) in [7, 11) is 0. The van der Waals surface area contributed by atoms with Crippen LogP contribution in [0.1, 0.15) is 42.6 Å². The van der Waals surface area contributed by atoms with Crippen LogP contribution >= 0.6 is 15.9 Å². The molecule has 0 aliphatic rings. The number of para-hydroxylation sites is 1. The fourth-order valence-corrected chi connectivity index (χ4v) is 3.76. The lowest BCUT2D eigenvalue weighted by Crippen LogP contribution is -2.30. The number of nitrogens with one attached hydrogen (secondary N) is 1. The highest BCUT2D eigenvalue weighted by Gasteiger charge is 2.17. The standard InChI is InChI=1S/C26H27BrN2O3/c1-4-29(22-11-6-5-7-12-22)26(31)19-9-8-10-21(15-19)28-25(30)17-32-24-14-13-20(27)16-23(24)18(2)3/h5-16,18H,4,17H2,1-3H3,(H,28,30). The summed E-state index contributed by atoms with van der Waals surface area (Å²) in [4.78, 5) is 27.2. The predicted molar refractivity (Wildman–Crippen MR) is 133 cm³/mol. The molecule has 166 valence electrons. The Balaban J connectivity index is 1.67. The Morgan fingerprint density at radius 1 is 1.00 bits per heavy atom. The third-order valence-corrected chi connectivity index (χ3v) is 5.47. The molecule has 0 heterocycles. The summed E-state index contributed by atoms with van der Waals surface area (Å²) < 4.78 is 6.74. The Morgan fingerprint density at radius 3 is 2.44 bits per heavy atom. The normalized spacial score (nSPS) is 10.7. The van der Waals surface area contributed by atoms with E-state index in [0.717, 1.165) is 15.7 Å². The average Bonchev–Trinajstić information content (AvgIpc) is 2.79. The van der Waals surface area contributed by atoms with Crippen molar-refractivity contribution in [1.29, 1.82) is 0 Å². The predicted octanol–water partition coefficient (Wildman–Crippen LogP) is 6.26. The second kappa shape index (κ2) is 11.0. The molecule has 2 amide bonds. The maximum atomic E-state index is 13.0. The van der Waals surface area contributed by atoms with E-state index >= 15 is 0 Å². The quantitative estimate of drug-likeness (QED) is 0.402. The molecule has 6 heteroatoms. The zero-order chi connectivity index (χ0) is 23.1. The second-order valence-corrected chi connectivity index (χ2v) is 8.56. The molecule has 32 heavy (non-hydrogen) atoms. The van der Waals surface area contributed by atoms with Gasteiger partial charge < -0.3 is 15.0 Å². The van der Waals surface area contributed by atoms with Crippen molar-refractivity contribution in [2.24, 2.45) is 0 Å². The van der Waals surface area contributed by atoms with Crippen molar-refractivity contribution in [3.05, 3.63) is 88.4 Å². The van der Waals surface area contributed by atoms with Gasteiger partial charge in [0.15, 0.2) is 6.61 Å². The van der Waals surface area contributed by atoms with E-state index in [0.29, 0.717) is 23.5 Å². The van der Waals surface area contributed by atoms with E-state index in [9.17, 15) is 9.59 Å². The molecule has 3 aromatic carbocycles. The lowest BCUT2D eigenvalue weighted by Gasteiger charge is -2.21. The molecular formula is C26H27BrN2O3. The topological polar surface area (TPSA) is 58.6 Å². The van der Waals surface area contributed by atoms with Crippen LogP contribution in [0.5, 0.6) is 5.75 Å². The van der Waals surface area contributed by atoms with E-state index in [-0.39, 0.29) is 24.3 Å². The molecule has 0 aliphatic heterocycles. The maximum Gasteiger partial charge on any atom is 0.262 e. The van der Waals surface area contributed by atoms with Gasteiger partial charge in [-0.3, -0.25) is 9.59 Å². The number of halogens is 1. The summed E-state index contributed by atoms with van der Waals surface area (Å²) >= 11 is 3.47. The number of rotatable bonds is 8. The van der Waals surface area contributed by atoms with Crippen LogP contribution in [-0.4, -0.2) is 25.0 Å². The minimum atomic E-state index is -0.289. The lowest BCUT2D eigenvalue weighted by molar-refractivity contribution is -0.118. The van der Waals surface area contributed by atoms with Gasteiger partial charge in [0.05, 0.1) is 0 Å². The van der Waals surface area contributed by atoms with Crippen molar-refractivity contribution in [1.82, 2.24) is 0 Å². The van der Waals surface area contributed by atoms with Crippen molar-refractivity contribution in [3.63, 3.8) is 0 Å². The molecule has 3 rings (SSSR count). The zero-order valence-electron chi connectivity index (χ0n) is 18.5. The van der Waals surface area contributed by atoms with Crippen molar-refractivity contribution in [2.75, 3.05) is 23.4 Å². The fourth-order valence-electron chi connectivity index (χ4n) is 3.38. The minimum absolute atomic E-state index is 0.120. The minimum Gasteiger partial charge on any atom is -0.483 e. The smallest absolute Gasteiger partial charge is 0.262 e. The van der Waals surface area contributed by atoms with Gasteiger partial charge in [-0.1, -0.05) is 54.0 Å². The van der Waals surface area contributed by atoms with Gasteiger partial charge in [0.2, 0.25) is 0 Å². The molecule has 0 atom stereocenters. The van der Waals surface area contributed by atoms with Crippen molar-refractivity contribution >= 4 is 39.1 Å². The van der Waals surface area contributed by atoms with E-state index in [2.05, 4.69) is 35.1 Å². The summed E-state index contributed by atoms with van der Waals surface area (Å²) in [6.45, 7) is 6.50. The highest BCUT2D eigenvalue weighted by Crippen LogP contribution is 2.29. The van der Waals surface area contributed by atoms with Crippen LogP contribution in [0.25, 0.3) is 0 Å². The summed E-state index contributed by atoms with van der Waals surface area (Å²) in [5, 5.41) is 2.82. The molecule has 5 nitrogen and oxygen atoms in total. The van der Waals surface area contributed by atoms with Gasteiger partial charge in [-0.25, -0.2) is 0 Å². The average molecular weight is 495 g/mol. The van der Waals surface area contributed by atoms with Gasteiger partial charge in [-0.2, -0.15) is 0 Å². The summed E-state index contributed by atoms with van der Waals surface area (Å²) in [6.07, 6.45) is 0. The molecule has 0 aliphatic carbocycles. The number of nitrogens with zero attached hydrogens (tertiary/aromatic N) is 1. The number of carbonyl (C=O) groups is 2. The van der Waals surface area contributed by atoms with Gasteiger partial charge in [-0.05, 0) is 66.9 Å². The fraction of sp³-hybridized carbons (Fsp3) is 0.231. The Morgan fingerprint density at radius 2 is 1.75 bits per heavy atom. The number of ether oxygens (including phenoxy) is 1. The first-order valence-corrected chi connectivity index (χ1v) is 11.4. The van der Waals surface area contributed by atoms with Crippen molar-refractivity contribution in [3.8, 4) is 5.75 Å². The third kappa shape index (κ3) is 5.98. The molecule has 0 unspecified atom stereocenters. The lowest BCUT2D eigenvalue weighted by atomic mass is 10.0. The number of amides is 2. The van der Waals surface area contributed by atoms with E-state index in [1.807, 2.05) is 55.5 Å². The zero-order valence-corrected chi connectivity index (χ0v) is 20.1. The molecular weight excluding hydrogens is 468 g/mol. The number of hydrogen-bond acceptors (Lipinski definition) is 3. The van der Waals surface area contributed by atoms with Gasteiger partial charge in [0.1, 0.15) is 5.75 Å². The van der Waals surface area contributed by atoms with E-state index in [1.165, 1.54) is 0 Å².